The average molecular weight is 648 g/mol. The van der Waals surface area contributed by atoms with E-state index in [2.05, 4.69) is 16.5 Å². The van der Waals surface area contributed by atoms with Crippen molar-refractivity contribution in [2.24, 2.45) is 0 Å². The van der Waals surface area contributed by atoms with Crippen LogP contribution in [0.4, 0.5) is 20.2 Å². The molecule has 0 spiro atoms. The number of halogens is 3. The van der Waals surface area contributed by atoms with Gasteiger partial charge in [0.2, 0.25) is 5.91 Å². The molecule has 4 aromatic rings. The van der Waals surface area contributed by atoms with Gasteiger partial charge in [0.1, 0.15) is 23.6 Å². The number of aromatic nitrogens is 3. The van der Waals surface area contributed by atoms with Crippen molar-refractivity contribution in [1.82, 2.24) is 19.4 Å². The standard InChI is InChI=1S/C34H31ClF2N6O3/c1-3-24(45)41-11-12-42-19(15-41)14-40(2)33-31(42)20-13-21(35)25(26-22(36)5-4-6-23(26)44)27(37)30(20)43(34(33)46)32-28(17-7-8-17)38-16-39-29(32)18-9-10-18/h3-6,13,16-19,44H,1,7-12,14-15H2,2H3/t19-/m0/s1/i2D3. The van der Waals surface area contributed by atoms with Crippen molar-refractivity contribution in [3.8, 4) is 22.6 Å². The SMILES string of the molecule is [2H]C([2H])([2H])N1C[C@H]2CN(C(=O)C=C)CCN2c2c1c(=O)n(-c1c(C3CC3)ncnc1C1CC1)c1c(F)c(-c3c(O)cccc3F)c(Cl)cc21. The van der Waals surface area contributed by atoms with Crippen LogP contribution in [0.25, 0.3) is 27.7 Å². The molecule has 4 aliphatic rings. The maximum atomic E-state index is 17.6. The molecule has 2 aromatic heterocycles. The van der Waals surface area contributed by atoms with E-state index in [1.165, 1.54) is 35.2 Å². The molecule has 2 aliphatic heterocycles. The van der Waals surface area contributed by atoms with E-state index in [1.54, 1.807) is 4.90 Å². The minimum atomic E-state index is -2.80. The summed E-state index contributed by atoms with van der Waals surface area (Å²) in [5, 5.41) is 10.6. The number of hydrogen-bond acceptors (Lipinski definition) is 7. The highest BCUT2D eigenvalue weighted by atomic mass is 35.5. The second-order valence-corrected chi connectivity index (χ2v) is 12.8. The van der Waals surface area contributed by atoms with Gasteiger partial charge in [-0.1, -0.05) is 24.2 Å². The summed E-state index contributed by atoms with van der Waals surface area (Å²) in [6.45, 7) is 1.21. The molecule has 8 rings (SSSR count). The highest BCUT2D eigenvalue weighted by Gasteiger charge is 2.42. The molecule has 2 aliphatic carbocycles. The Bertz CT molecular complexity index is 2100. The van der Waals surface area contributed by atoms with Gasteiger partial charge < -0.3 is 19.8 Å². The average Bonchev–Trinajstić information content (AvgIpc) is 3.99. The minimum absolute atomic E-state index is 0.0162. The van der Waals surface area contributed by atoms with Gasteiger partial charge in [0.15, 0.2) is 5.82 Å². The zero-order chi connectivity index (χ0) is 34.5. The number of phenols is 1. The number of carbonyl (C=O) groups excluding carboxylic acids is 1. The summed E-state index contributed by atoms with van der Waals surface area (Å²) in [7, 11) is 0. The summed E-state index contributed by atoms with van der Waals surface area (Å²) in [5.74, 6) is -2.90. The number of phenolic OH excluding ortho intramolecular Hbond substituents is 1. The molecule has 9 nitrogen and oxygen atoms in total. The van der Waals surface area contributed by atoms with Gasteiger partial charge in [0.05, 0.1) is 44.9 Å². The normalized spacial score (nSPS) is 20.5. The van der Waals surface area contributed by atoms with Crippen LogP contribution in [0.5, 0.6) is 5.75 Å². The number of pyridine rings is 1. The van der Waals surface area contributed by atoms with Crippen molar-refractivity contribution in [2.45, 2.75) is 43.6 Å². The second kappa shape index (κ2) is 10.5. The van der Waals surface area contributed by atoms with Gasteiger partial charge in [-0.25, -0.2) is 18.7 Å². The Balaban J connectivity index is 1.52. The van der Waals surface area contributed by atoms with E-state index in [-0.39, 0.29) is 71.2 Å². The molecule has 0 radical (unpaired) electrons. The Morgan fingerprint density at radius 3 is 2.41 bits per heavy atom. The number of carbonyl (C=O) groups is 1. The summed E-state index contributed by atoms with van der Waals surface area (Å²) in [6.07, 6.45) is 5.82. The molecule has 46 heavy (non-hydrogen) atoms. The predicted octanol–water partition coefficient (Wildman–Crippen LogP) is 5.49. The molecule has 236 valence electrons. The van der Waals surface area contributed by atoms with Gasteiger partial charge in [-0.3, -0.25) is 14.2 Å². The number of nitrogens with zero attached hydrogens (tertiary/aromatic N) is 6. The lowest BCUT2D eigenvalue weighted by atomic mass is 9.96. The molecule has 2 aromatic carbocycles. The van der Waals surface area contributed by atoms with Gasteiger partial charge in [-0.2, -0.15) is 0 Å². The van der Waals surface area contributed by atoms with Crippen LogP contribution in [-0.4, -0.2) is 69.6 Å². The first-order valence-corrected chi connectivity index (χ1v) is 15.7. The molecule has 3 fully saturated rings. The zero-order valence-electron chi connectivity index (χ0n) is 27.6. The van der Waals surface area contributed by atoms with Crippen LogP contribution in [0, 0.1) is 11.6 Å². The fourth-order valence-corrected chi connectivity index (χ4v) is 7.35. The number of amides is 1. The third kappa shape index (κ3) is 4.31. The highest BCUT2D eigenvalue weighted by Crippen LogP contribution is 2.50. The number of anilines is 2. The first kappa shape index (κ1) is 25.7. The maximum Gasteiger partial charge on any atom is 0.281 e. The number of aromatic hydroxyl groups is 1. The van der Waals surface area contributed by atoms with Crippen LogP contribution in [0.2, 0.25) is 5.02 Å². The lowest BCUT2D eigenvalue weighted by Crippen LogP contribution is -2.61. The Labute approximate surface area is 272 Å². The van der Waals surface area contributed by atoms with Crippen molar-refractivity contribution >= 4 is 39.8 Å². The van der Waals surface area contributed by atoms with Crippen LogP contribution in [0.15, 0.2) is 48.0 Å². The van der Waals surface area contributed by atoms with Gasteiger partial charge in [-0.15, -0.1) is 0 Å². The third-order valence-corrected chi connectivity index (χ3v) is 9.79. The third-order valence-electron chi connectivity index (χ3n) is 9.49. The van der Waals surface area contributed by atoms with E-state index in [4.69, 9.17) is 15.7 Å². The van der Waals surface area contributed by atoms with Gasteiger partial charge >= 0.3 is 0 Å². The topological polar surface area (TPSA) is 94.8 Å². The zero-order valence-corrected chi connectivity index (χ0v) is 25.4. The molecule has 0 bridgehead atoms. The van der Waals surface area contributed by atoms with E-state index in [9.17, 15) is 9.90 Å². The van der Waals surface area contributed by atoms with E-state index in [0.717, 1.165) is 36.6 Å². The van der Waals surface area contributed by atoms with Crippen LogP contribution in [0.3, 0.4) is 0 Å². The summed E-state index contributed by atoms with van der Waals surface area (Å²) >= 11 is 6.80. The lowest BCUT2D eigenvalue weighted by molar-refractivity contribution is -0.126. The molecule has 0 unspecified atom stereocenters. The fourth-order valence-electron chi connectivity index (χ4n) is 7.07. The summed E-state index contributed by atoms with van der Waals surface area (Å²) in [4.78, 5) is 41.4. The van der Waals surface area contributed by atoms with Crippen LogP contribution < -0.4 is 15.4 Å². The molecule has 4 heterocycles. The van der Waals surface area contributed by atoms with E-state index >= 15 is 13.6 Å². The smallest absolute Gasteiger partial charge is 0.281 e. The Morgan fingerprint density at radius 2 is 1.78 bits per heavy atom. The van der Waals surface area contributed by atoms with E-state index < -0.39 is 47.1 Å². The number of fused-ring (bicyclic) bond motifs is 5. The molecular weight excluding hydrogens is 614 g/mol. The highest BCUT2D eigenvalue weighted by molar-refractivity contribution is 6.34. The summed E-state index contributed by atoms with van der Waals surface area (Å²) < 4.78 is 59.7. The first-order chi connectivity index (χ1) is 23.4. The number of hydrogen-bond donors (Lipinski definition) is 1. The number of likely N-dealkylation sites (N-methyl/N-ethyl adjacent to an activating group) is 1. The van der Waals surface area contributed by atoms with Crippen molar-refractivity contribution in [3.05, 3.63) is 81.6 Å². The molecule has 2 saturated carbocycles. The first-order valence-electron chi connectivity index (χ1n) is 16.8. The molecular formula is C34H31ClF2N6O3. The fraction of sp³-hybridized carbons (Fsp3) is 0.353. The number of rotatable bonds is 5. The molecule has 1 N–H and O–H groups in total. The van der Waals surface area contributed by atoms with Crippen LogP contribution in [0.1, 0.15) is 53.0 Å². The van der Waals surface area contributed by atoms with Gasteiger partial charge in [-0.05, 0) is 50.0 Å². The van der Waals surface area contributed by atoms with Gasteiger partial charge in [0.25, 0.3) is 5.56 Å². The predicted molar refractivity (Wildman–Crippen MR) is 172 cm³/mol. The Hall–Kier alpha value is -4.51. The molecule has 1 amide bonds. The summed E-state index contributed by atoms with van der Waals surface area (Å²) in [5.41, 5.74) is -0.608. The minimum Gasteiger partial charge on any atom is -0.507 e. The Kier molecular flexibility index (Phi) is 5.86. The number of benzene rings is 2. The van der Waals surface area contributed by atoms with Gasteiger partial charge in [0, 0.05) is 60.1 Å². The molecule has 12 heteroatoms. The second-order valence-electron chi connectivity index (χ2n) is 12.4. The maximum absolute atomic E-state index is 17.6. The Morgan fingerprint density at radius 1 is 1.07 bits per heavy atom. The van der Waals surface area contributed by atoms with Crippen LogP contribution in [-0.2, 0) is 4.79 Å². The monoisotopic (exact) mass is 647 g/mol. The lowest BCUT2D eigenvalue weighted by Gasteiger charge is -2.49. The quantitative estimate of drug-likeness (QED) is 0.286. The largest absolute Gasteiger partial charge is 0.507 e. The van der Waals surface area contributed by atoms with E-state index in [1.807, 2.05) is 4.90 Å². The van der Waals surface area contributed by atoms with Crippen molar-refractivity contribution in [3.63, 3.8) is 0 Å². The van der Waals surface area contributed by atoms with Crippen molar-refractivity contribution in [1.29, 1.82) is 0 Å². The van der Waals surface area contributed by atoms with E-state index in [0.29, 0.717) is 17.1 Å². The van der Waals surface area contributed by atoms with Crippen molar-refractivity contribution in [2.75, 3.05) is 43.0 Å². The summed E-state index contributed by atoms with van der Waals surface area (Å²) in [6, 6.07) is 4.36. The molecule has 1 atom stereocenters. The molecule has 1 saturated heterocycles. The van der Waals surface area contributed by atoms with Crippen LogP contribution >= 0.6 is 11.6 Å². The number of piperazine rings is 1. The van der Waals surface area contributed by atoms with Crippen molar-refractivity contribution < 1.29 is 22.8 Å².